The minimum Gasteiger partial charge on any atom is -0.352 e. The van der Waals surface area contributed by atoms with Crippen LogP contribution in [0.25, 0.3) is 10.2 Å². The highest BCUT2D eigenvalue weighted by atomic mass is 35.5. The predicted octanol–water partition coefficient (Wildman–Crippen LogP) is 2.24. The van der Waals surface area contributed by atoms with E-state index in [0.29, 0.717) is 10.5 Å². The van der Waals surface area contributed by atoms with Crippen molar-refractivity contribution in [1.29, 1.82) is 0 Å². The fourth-order valence-electron chi connectivity index (χ4n) is 1.70. The Morgan fingerprint density at radius 1 is 1.50 bits per heavy atom. The molecule has 4 nitrogen and oxygen atoms in total. The minimum absolute atomic E-state index is 0.0252. The van der Waals surface area contributed by atoms with Crippen LogP contribution < -0.4 is 10.2 Å². The van der Waals surface area contributed by atoms with Crippen molar-refractivity contribution in [3.63, 3.8) is 0 Å². The summed E-state index contributed by atoms with van der Waals surface area (Å²) >= 11 is 7.03. The Morgan fingerprint density at radius 2 is 2.22 bits per heavy atom. The predicted molar refractivity (Wildman–Crippen MR) is 74.4 cm³/mol. The second kappa shape index (κ2) is 5.12. The summed E-state index contributed by atoms with van der Waals surface area (Å²) in [4.78, 5) is 23.4. The molecule has 1 aromatic heterocycles. The first-order chi connectivity index (χ1) is 8.47. The lowest BCUT2D eigenvalue weighted by Crippen LogP contribution is -2.34. The summed E-state index contributed by atoms with van der Waals surface area (Å²) in [6.07, 6.45) is 0. The number of halogens is 1. The van der Waals surface area contributed by atoms with Crippen molar-refractivity contribution < 1.29 is 4.79 Å². The first-order valence-electron chi connectivity index (χ1n) is 5.55. The average Bonchev–Trinajstić information content (AvgIpc) is 2.55. The monoisotopic (exact) mass is 284 g/mol. The molecule has 96 valence electrons. The number of aromatic nitrogens is 1. The lowest BCUT2D eigenvalue weighted by molar-refractivity contribution is -0.122. The highest BCUT2D eigenvalue weighted by Gasteiger charge is 2.12. The van der Waals surface area contributed by atoms with Crippen molar-refractivity contribution in [2.24, 2.45) is 0 Å². The molecule has 0 atom stereocenters. The molecule has 1 aromatic carbocycles. The quantitative estimate of drug-likeness (QED) is 0.940. The van der Waals surface area contributed by atoms with Crippen LogP contribution in [-0.2, 0) is 11.3 Å². The van der Waals surface area contributed by atoms with Crippen molar-refractivity contribution in [1.82, 2.24) is 9.88 Å². The average molecular weight is 285 g/mol. The molecule has 0 aliphatic carbocycles. The number of benzene rings is 1. The van der Waals surface area contributed by atoms with E-state index in [1.165, 1.54) is 4.57 Å². The van der Waals surface area contributed by atoms with Crippen molar-refractivity contribution in [3.05, 3.63) is 32.9 Å². The summed E-state index contributed by atoms with van der Waals surface area (Å²) < 4.78 is 2.28. The van der Waals surface area contributed by atoms with E-state index in [1.54, 1.807) is 18.2 Å². The molecule has 1 amide bonds. The molecule has 0 saturated carbocycles. The molecule has 0 fully saturated rings. The third kappa shape index (κ3) is 2.73. The number of nitrogens with zero attached hydrogens (tertiary/aromatic N) is 1. The van der Waals surface area contributed by atoms with Gasteiger partial charge in [-0.3, -0.25) is 14.2 Å². The van der Waals surface area contributed by atoms with Gasteiger partial charge in [-0.25, -0.2) is 0 Å². The van der Waals surface area contributed by atoms with Gasteiger partial charge < -0.3 is 5.32 Å². The summed E-state index contributed by atoms with van der Waals surface area (Å²) in [6.45, 7) is 3.78. The number of amides is 1. The molecular formula is C12H13ClN2O2S. The Hall–Kier alpha value is -1.33. The molecule has 0 aliphatic rings. The number of nitrogens with one attached hydrogen (secondary N) is 1. The normalized spacial score (nSPS) is 11.1. The van der Waals surface area contributed by atoms with E-state index < -0.39 is 0 Å². The zero-order valence-corrected chi connectivity index (χ0v) is 11.6. The van der Waals surface area contributed by atoms with Gasteiger partial charge in [-0.05, 0) is 32.0 Å². The van der Waals surface area contributed by atoms with E-state index >= 15 is 0 Å². The molecule has 6 heteroatoms. The van der Waals surface area contributed by atoms with Crippen LogP contribution in [0.1, 0.15) is 13.8 Å². The first kappa shape index (κ1) is 13.1. The van der Waals surface area contributed by atoms with Gasteiger partial charge >= 0.3 is 4.87 Å². The summed E-state index contributed by atoms with van der Waals surface area (Å²) in [5.74, 6) is -0.174. The van der Waals surface area contributed by atoms with Crippen LogP contribution >= 0.6 is 22.9 Å². The van der Waals surface area contributed by atoms with Crippen LogP contribution in [0.2, 0.25) is 5.02 Å². The molecule has 2 rings (SSSR count). The Bertz CT molecular complexity index is 645. The molecule has 1 heterocycles. The van der Waals surface area contributed by atoms with Crippen molar-refractivity contribution in [2.45, 2.75) is 26.4 Å². The van der Waals surface area contributed by atoms with Crippen LogP contribution in [0.3, 0.4) is 0 Å². The van der Waals surface area contributed by atoms with Gasteiger partial charge in [0.15, 0.2) is 0 Å². The fraction of sp³-hybridized carbons (Fsp3) is 0.333. The maximum Gasteiger partial charge on any atom is 0.308 e. The SMILES string of the molecule is CC(C)NC(=O)Cn1c(=O)sc2ccc(Cl)cc21. The molecule has 0 spiro atoms. The number of carbonyl (C=O) groups is 1. The van der Waals surface area contributed by atoms with E-state index in [2.05, 4.69) is 5.32 Å². The van der Waals surface area contributed by atoms with Crippen LogP contribution in [0.5, 0.6) is 0 Å². The molecule has 1 N–H and O–H groups in total. The molecule has 0 bridgehead atoms. The zero-order chi connectivity index (χ0) is 13.3. The number of carbonyl (C=O) groups excluding carboxylic acids is 1. The lowest BCUT2D eigenvalue weighted by Gasteiger charge is -2.08. The van der Waals surface area contributed by atoms with Gasteiger partial charge in [-0.1, -0.05) is 22.9 Å². The number of thiazole rings is 1. The maximum absolute atomic E-state index is 11.8. The maximum atomic E-state index is 11.8. The molecule has 0 aliphatic heterocycles. The van der Waals surface area contributed by atoms with Crippen LogP contribution in [0, 0.1) is 0 Å². The molecule has 18 heavy (non-hydrogen) atoms. The second-order valence-electron chi connectivity index (χ2n) is 4.29. The third-order valence-corrected chi connectivity index (χ3v) is 3.58. The standard InChI is InChI=1S/C12H13ClN2O2S/c1-7(2)14-11(16)6-15-9-5-8(13)3-4-10(9)18-12(15)17/h3-5,7H,6H2,1-2H3,(H,14,16). The summed E-state index contributed by atoms with van der Waals surface area (Å²) in [5, 5.41) is 3.31. The van der Waals surface area contributed by atoms with Gasteiger partial charge in [-0.2, -0.15) is 0 Å². The summed E-state index contributed by atoms with van der Waals surface area (Å²) in [7, 11) is 0. The topological polar surface area (TPSA) is 51.1 Å². The van der Waals surface area contributed by atoms with E-state index in [9.17, 15) is 9.59 Å². The molecule has 0 unspecified atom stereocenters. The van der Waals surface area contributed by atoms with E-state index in [1.807, 2.05) is 13.8 Å². The highest BCUT2D eigenvalue weighted by molar-refractivity contribution is 7.16. The van der Waals surface area contributed by atoms with E-state index in [0.717, 1.165) is 16.0 Å². The van der Waals surface area contributed by atoms with Gasteiger partial charge in [0.1, 0.15) is 6.54 Å². The lowest BCUT2D eigenvalue weighted by atomic mass is 10.3. The minimum atomic E-state index is -0.174. The van der Waals surface area contributed by atoms with Gasteiger partial charge in [0, 0.05) is 11.1 Å². The zero-order valence-electron chi connectivity index (χ0n) is 10.1. The highest BCUT2D eigenvalue weighted by Crippen LogP contribution is 2.21. The van der Waals surface area contributed by atoms with Gasteiger partial charge in [0.2, 0.25) is 5.91 Å². The number of hydrogen-bond acceptors (Lipinski definition) is 3. The third-order valence-electron chi connectivity index (χ3n) is 2.38. The van der Waals surface area contributed by atoms with Gasteiger partial charge in [0.05, 0.1) is 10.2 Å². The molecule has 0 radical (unpaired) electrons. The molecule has 0 saturated heterocycles. The summed E-state index contributed by atoms with van der Waals surface area (Å²) in [5.41, 5.74) is 0.705. The van der Waals surface area contributed by atoms with Gasteiger partial charge in [0.25, 0.3) is 0 Å². The fourth-order valence-corrected chi connectivity index (χ4v) is 2.73. The Kier molecular flexibility index (Phi) is 3.73. The van der Waals surface area contributed by atoms with E-state index in [4.69, 9.17) is 11.6 Å². The Labute approximate surface area is 113 Å². The summed E-state index contributed by atoms with van der Waals surface area (Å²) in [6, 6.07) is 5.29. The number of hydrogen-bond donors (Lipinski definition) is 1. The number of fused-ring (bicyclic) bond motifs is 1. The van der Waals surface area contributed by atoms with Gasteiger partial charge in [-0.15, -0.1) is 0 Å². The van der Waals surface area contributed by atoms with Crippen molar-refractivity contribution in [3.8, 4) is 0 Å². The largest absolute Gasteiger partial charge is 0.352 e. The van der Waals surface area contributed by atoms with Crippen LogP contribution in [0.15, 0.2) is 23.0 Å². The first-order valence-corrected chi connectivity index (χ1v) is 6.75. The molecular weight excluding hydrogens is 272 g/mol. The van der Waals surface area contributed by atoms with Crippen LogP contribution in [-0.4, -0.2) is 16.5 Å². The number of rotatable bonds is 3. The van der Waals surface area contributed by atoms with Crippen molar-refractivity contribution >= 4 is 39.1 Å². The Balaban J connectivity index is 2.38. The van der Waals surface area contributed by atoms with Crippen LogP contribution in [0.4, 0.5) is 0 Å². The molecule has 2 aromatic rings. The second-order valence-corrected chi connectivity index (χ2v) is 5.72. The Morgan fingerprint density at radius 3 is 2.89 bits per heavy atom. The van der Waals surface area contributed by atoms with Crippen molar-refractivity contribution in [2.75, 3.05) is 0 Å². The van der Waals surface area contributed by atoms with E-state index in [-0.39, 0.29) is 23.4 Å². The smallest absolute Gasteiger partial charge is 0.308 e.